The van der Waals surface area contributed by atoms with Crippen molar-refractivity contribution < 1.29 is 9.90 Å². The number of hydrogen-bond acceptors (Lipinski definition) is 4. The number of nitrogens with one attached hydrogen (secondary N) is 1. The van der Waals surface area contributed by atoms with E-state index in [0.29, 0.717) is 5.56 Å². The van der Waals surface area contributed by atoms with Crippen molar-refractivity contribution in [2.75, 3.05) is 44.2 Å². The Hall–Kier alpha value is -2.37. The normalized spacial score (nSPS) is 15.1. The van der Waals surface area contributed by atoms with Crippen molar-refractivity contribution in [3.8, 4) is 0 Å². The number of anilines is 1. The predicted octanol–water partition coefficient (Wildman–Crippen LogP) is 3.00. The smallest absolute Gasteiger partial charge is 0.335 e. The molecule has 1 aliphatic rings. The summed E-state index contributed by atoms with van der Waals surface area (Å²) in [7, 11) is 0. The van der Waals surface area contributed by atoms with Crippen LogP contribution in [-0.4, -0.2) is 55.2 Å². The van der Waals surface area contributed by atoms with Crippen molar-refractivity contribution in [3.05, 3.63) is 65.2 Å². The number of rotatable bonds is 8. The minimum absolute atomic E-state index is 0.337. The molecule has 0 amide bonds. The van der Waals surface area contributed by atoms with Gasteiger partial charge in [0.25, 0.3) is 0 Å². The molecule has 27 heavy (non-hydrogen) atoms. The summed E-state index contributed by atoms with van der Waals surface area (Å²) < 4.78 is 0. The van der Waals surface area contributed by atoms with Crippen LogP contribution in [0.4, 0.5) is 5.69 Å². The number of carboxylic acid groups (broad SMARTS) is 1. The van der Waals surface area contributed by atoms with E-state index < -0.39 is 5.97 Å². The van der Waals surface area contributed by atoms with Crippen LogP contribution in [0.2, 0.25) is 0 Å². The first-order valence-electron chi connectivity index (χ1n) is 9.69. The molecule has 2 N–H and O–H groups in total. The Labute approximate surface area is 161 Å². The molecule has 5 heteroatoms. The summed E-state index contributed by atoms with van der Waals surface area (Å²) in [5, 5.41) is 12.4. The molecule has 2 aromatic rings. The summed E-state index contributed by atoms with van der Waals surface area (Å²) >= 11 is 0. The van der Waals surface area contributed by atoms with Gasteiger partial charge in [0.05, 0.1) is 5.56 Å². The Kier molecular flexibility index (Phi) is 6.85. The van der Waals surface area contributed by atoms with Crippen molar-refractivity contribution >= 4 is 11.7 Å². The van der Waals surface area contributed by atoms with Crippen LogP contribution in [0.15, 0.2) is 48.5 Å². The molecular formula is C22H29N3O2. The fourth-order valence-electron chi connectivity index (χ4n) is 3.48. The molecule has 0 saturated carbocycles. The average molecular weight is 367 g/mol. The minimum atomic E-state index is -0.878. The maximum Gasteiger partial charge on any atom is 0.335 e. The Morgan fingerprint density at radius 1 is 1.07 bits per heavy atom. The third kappa shape index (κ3) is 5.81. The summed E-state index contributed by atoms with van der Waals surface area (Å²) in [6, 6.07) is 15.8. The second-order valence-electron chi connectivity index (χ2n) is 7.20. The van der Waals surface area contributed by atoms with E-state index in [1.54, 1.807) is 12.1 Å². The van der Waals surface area contributed by atoms with Gasteiger partial charge < -0.3 is 15.3 Å². The number of aromatic carboxylic acids is 1. The van der Waals surface area contributed by atoms with E-state index in [-0.39, 0.29) is 0 Å². The van der Waals surface area contributed by atoms with Gasteiger partial charge in [-0.3, -0.25) is 4.90 Å². The zero-order chi connectivity index (χ0) is 19.1. The molecule has 3 rings (SSSR count). The Morgan fingerprint density at radius 3 is 2.48 bits per heavy atom. The predicted molar refractivity (Wildman–Crippen MR) is 110 cm³/mol. The molecule has 1 fully saturated rings. The molecular weight excluding hydrogens is 338 g/mol. The number of carboxylic acids is 1. The van der Waals surface area contributed by atoms with Gasteiger partial charge in [-0.15, -0.1) is 0 Å². The van der Waals surface area contributed by atoms with E-state index in [2.05, 4.69) is 46.3 Å². The average Bonchev–Trinajstić information content (AvgIpc) is 2.68. The highest BCUT2D eigenvalue weighted by Crippen LogP contribution is 2.17. The van der Waals surface area contributed by atoms with Gasteiger partial charge in [0, 0.05) is 38.4 Å². The number of carbonyl (C=O) groups is 1. The van der Waals surface area contributed by atoms with Crippen LogP contribution in [0, 0.1) is 6.92 Å². The quantitative estimate of drug-likeness (QED) is 0.703. The van der Waals surface area contributed by atoms with Gasteiger partial charge >= 0.3 is 5.97 Å². The number of benzene rings is 2. The van der Waals surface area contributed by atoms with Crippen LogP contribution < -0.4 is 10.2 Å². The van der Waals surface area contributed by atoms with Crippen molar-refractivity contribution in [1.82, 2.24) is 10.2 Å². The lowest BCUT2D eigenvalue weighted by Gasteiger charge is -2.36. The summed E-state index contributed by atoms with van der Waals surface area (Å²) in [6.45, 7) is 9.43. The third-order valence-corrected chi connectivity index (χ3v) is 5.10. The largest absolute Gasteiger partial charge is 0.478 e. The molecule has 0 unspecified atom stereocenters. The van der Waals surface area contributed by atoms with Gasteiger partial charge in [-0.05, 0) is 61.8 Å². The molecule has 144 valence electrons. The van der Waals surface area contributed by atoms with E-state index in [4.69, 9.17) is 5.11 Å². The standard InChI is InChI=1S/C22H29N3O2/c1-18-4-2-5-21(16-18)25-14-12-24(13-15-25)11-3-10-23-17-19-6-8-20(9-7-19)22(26)27/h2,4-9,16,23H,3,10-15,17H2,1H3,(H,26,27). The Bertz CT molecular complexity index is 737. The van der Waals surface area contributed by atoms with Crippen LogP contribution in [0.3, 0.4) is 0 Å². The molecule has 0 spiro atoms. The minimum Gasteiger partial charge on any atom is -0.478 e. The lowest BCUT2D eigenvalue weighted by Crippen LogP contribution is -2.47. The van der Waals surface area contributed by atoms with Gasteiger partial charge in [-0.1, -0.05) is 24.3 Å². The van der Waals surface area contributed by atoms with Crippen LogP contribution in [0.5, 0.6) is 0 Å². The monoisotopic (exact) mass is 367 g/mol. The van der Waals surface area contributed by atoms with E-state index >= 15 is 0 Å². The van der Waals surface area contributed by atoms with Crippen LogP contribution >= 0.6 is 0 Å². The van der Waals surface area contributed by atoms with Crippen molar-refractivity contribution in [2.24, 2.45) is 0 Å². The van der Waals surface area contributed by atoms with Gasteiger partial charge in [-0.25, -0.2) is 4.79 Å². The van der Waals surface area contributed by atoms with E-state index in [0.717, 1.165) is 57.8 Å². The molecule has 0 aliphatic carbocycles. The Morgan fingerprint density at radius 2 is 1.81 bits per heavy atom. The van der Waals surface area contributed by atoms with Crippen LogP contribution in [-0.2, 0) is 6.54 Å². The number of aryl methyl sites for hydroxylation is 1. The molecule has 1 aliphatic heterocycles. The first-order chi connectivity index (χ1) is 13.1. The molecule has 0 atom stereocenters. The Balaban J connectivity index is 1.31. The molecule has 0 aromatic heterocycles. The van der Waals surface area contributed by atoms with Crippen molar-refractivity contribution in [1.29, 1.82) is 0 Å². The van der Waals surface area contributed by atoms with Crippen LogP contribution in [0.25, 0.3) is 0 Å². The molecule has 5 nitrogen and oxygen atoms in total. The third-order valence-electron chi connectivity index (χ3n) is 5.10. The van der Waals surface area contributed by atoms with E-state index in [1.807, 2.05) is 12.1 Å². The van der Waals surface area contributed by atoms with E-state index in [1.165, 1.54) is 11.3 Å². The zero-order valence-corrected chi connectivity index (χ0v) is 16.0. The van der Waals surface area contributed by atoms with Gasteiger partial charge in [-0.2, -0.15) is 0 Å². The van der Waals surface area contributed by atoms with Gasteiger partial charge in [0.2, 0.25) is 0 Å². The molecule has 0 bridgehead atoms. The lowest BCUT2D eigenvalue weighted by atomic mass is 10.1. The van der Waals surface area contributed by atoms with Crippen LogP contribution in [0.1, 0.15) is 27.9 Å². The first-order valence-corrected chi connectivity index (χ1v) is 9.69. The number of nitrogens with zero attached hydrogens (tertiary/aromatic N) is 2. The highest BCUT2D eigenvalue weighted by Gasteiger charge is 2.16. The number of hydrogen-bond donors (Lipinski definition) is 2. The topological polar surface area (TPSA) is 55.8 Å². The fourth-order valence-corrected chi connectivity index (χ4v) is 3.48. The summed E-state index contributed by atoms with van der Waals surface area (Å²) in [6.07, 6.45) is 1.12. The summed E-state index contributed by atoms with van der Waals surface area (Å²) in [5.41, 5.74) is 4.11. The lowest BCUT2D eigenvalue weighted by molar-refractivity contribution is 0.0697. The molecule has 0 radical (unpaired) electrons. The molecule has 1 heterocycles. The molecule has 2 aromatic carbocycles. The van der Waals surface area contributed by atoms with Crippen molar-refractivity contribution in [2.45, 2.75) is 19.9 Å². The SMILES string of the molecule is Cc1cccc(N2CCN(CCCNCc3ccc(C(=O)O)cc3)CC2)c1. The fraction of sp³-hybridized carbons (Fsp3) is 0.409. The highest BCUT2D eigenvalue weighted by atomic mass is 16.4. The summed E-state index contributed by atoms with van der Waals surface area (Å²) in [4.78, 5) is 15.9. The molecule has 1 saturated heterocycles. The zero-order valence-electron chi connectivity index (χ0n) is 16.0. The second-order valence-corrected chi connectivity index (χ2v) is 7.20. The summed E-state index contributed by atoms with van der Waals surface area (Å²) in [5.74, 6) is -0.878. The van der Waals surface area contributed by atoms with E-state index in [9.17, 15) is 4.79 Å². The first kappa shape index (κ1) is 19.4. The maximum absolute atomic E-state index is 10.9. The number of piperazine rings is 1. The maximum atomic E-state index is 10.9. The van der Waals surface area contributed by atoms with Gasteiger partial charge in [0.1, 0.15) is 0 Å². The van der Waals surface area contributed by atoms with Crippen molar-refractivity contribution in [3.63, 3.8) is 0 Å². The highest BCUT2D eigenvalue weighted by molar-refractivity contribution is 5.87. The second kappa shape index (κ2) is 9.53. The van der Waals surface area contributed by atoms with Gasteiger partial charge in [0.15, 0.2) is 0 Å².